The molecule has 0 aliphatic carbocycles. The van der Waals surface area contributed by atoms with Crippen LogP contribution in [-0.4, -0.2) is 42.9 Å². The molecule has 0 radical (unpaired) electrons. The topological polar surface area (TPSA) is 29.5 Å². The molecule has 0 saturated carbocycles. The third-order valence-corrected chi connectivity index (χ3v) is 1.99. The van der Waals surface area contributed by atoms with E-state index in [9.17, 15) is 4.79 Å². The van der Waals surface area contributed by atoms with Gasteiger partial charge in [0.25, 0.3) is 0 Å². The standard InChI is InChI=1S/C7H13NO2S/c9-7-6-10-4-3-8(7)2-1-5-11/h11H,1-6H2. The second-order valence-electron chi connectivity index (χ2n) is 2.51. The van der Waals surface area contributed by atoms with Crippen LogP contribution in [0.5, 0.6) is 0 Å². The fraction of sp³-hybridized carbons (Fsp3) is 0.857. The van der Waals surface area contributed by atoms with E-state index in [0.717, 1.165) is 25.3 Å². The molecule has 1 fully saturated rings. The quantitative estimate of drug-likeness (QED) is 0.619. The first-order valence-electron chi connectivity index (χ1n) is 3.81. The Kier molecular flexibility index (Phi) is 3.72. The van der Waals surface area contributed by atoms with Gasteiger partial charge in [0.05, 0.1) is 6.61 Å². The lowest BCUT2D eigenvalue weighted by molar-refractivity contribution is -0.142. The number of nitrogens with zero attached hydrogens (tertiary/aromatic N) is 1. The van der Waals surface area contributed by atoms with Gasteiger partial charge in [-0.1, -0.05) is 0 Å². The van der Waals surface area contributed by atoms with E-state index >= 15 is 0 Å². The number of hydrogen-bond acceptors (Lipinski definition) is 3. The summed E-state index contributed by atoms with van der Waals surface area (Å²) in [5.74, 6) is 0.947. The minimum absolute atomic E-state index is 0.109. The monoisotopic (exact) mass is 175 g/mol. The smallest absolute Gasteiger partial charge is 0.248 e. The van der Waals surface area contributed by atoms with Crippen LogP contribution in [-0.2, 0) is 9.53 Å². The molecule has 11 heavy (non-hydrogen) atoms. The number of hydrogen-bond donors (Lipinski definition) is 1. The van der Waals surface area contributed by atoms with Gasteiger partial charge in [-0.3, -0.25) is 4.79 Å². The van der Waals surface area contributed by atoms with Crippen molar-refractivity contribution in [1.82, 2.24) is 4.90 Å². The van der Waals surface area contributed by atoms with E-state index in [4.69, 9.17) is 4.74 Å². The van der Waals surface area contributed by atoms with Crippen molar-refractivity contribution < 1.29 is 9.53 Å². The zero-order valence-electron chi connectivity index (χ0n) is 6.45. The normalized spacial score (nSPS) is 19.0. The molecular weight excluding hydrogens is 162 g/mol. The molecular formula is C7H13NO2S. The Hall–Kier alpha value is -0.220. The maximum absolute atomic E-state index is 11.1. The van der Waals surface area contributed by atoms with Crippen LogP contribution >= 0.6 is 12.6 Å². The van der Waals surface area contributed by atoms with Crippen molar-refractivity contribution in [2.75, 3.05) is 32.1 Å². The summed E-state index contributed by atoms with van der Waals surface area (Å²) in [4.78, 5) is 12.9. The summed E-state index contributed by atoms with van der Waals surface area (Å²) in [7, 11) is 0. The summed E-state index contributed by atoms with van der Waals surface area (Å²) in [6, 6.07) is 0. The van der Waals surface area contributed by atoms with Crippen molar-refractivity contribution in [3.05, 3.63) is 0 Å². The van der Waals surface area contributed by atoms with Gasteiger partial charge in [-0.15, -0.1) is 0 Å². The molecule has 1 amide bonds. The number of rotatable bonds is 3. The van der Waals surface area contributed by atoms with Gasteiger partial charge in [0.15, 0.2) is 0 Å². The highest BCUT2D eigenvalue weighted by atomic mass is 32.1. The van der Waals surface area contributed by atoms with Crippen molar-refractivity contribution in [3.63, 3.8) is 0 Å². The van der Waals surface area contributed by atoms with Gasteiger partial charge in [-0.05, 0) is 12.2 Å². The summed E-state index contributed by atoms with van der Waals surface area (Å²) in [5, 5.41) is 0. The molecule has 1 aliphatic heterocycles. The molecule has 0 bridgehead atoms. The van der Waals surface area contributed by atoms with Crippen LogP contribution in [0.3, 0.4) is 0 Å². The molecule has 0 N–H and O–H groups in total. The average molecular weight is 175 g/mol. The van der Waals surface area contributed by atoms with Gasteiger partial charge in [-0.2, -0.15) is 12.6 Å². The van der Waals surface area contributed by atoms with Gasteiger partial charge in [0, 0.05) is 13.1 Å². The summed E-state index contributed by atoms with van der Waals surface area (Å²) < 4.78 is 4.98. The van der Waals surface area contributed by atoms with Gasteiger partial charge in [-0.25, -0.2) is 0 Å². The molecule has 64 valence electrons. The first-order valence-corrected chi connectivity index (χ1v) is 4.44. The third kappa shape index (κ3) is 2.71. The van der Waals surface area contributed by atoms with E-state index in [1.165, 1.54) is 0 Å². The van der Waals surface area contributed by atoms with Crippen molar-refractivity contribution in [3.8, 4) is 0 Å². The highest BCUT2D eigenvalue weighted by molar-refractivity contribution is 7.80. The maximum Gasteiger partial charge on any atom is 0.248 e. The third-order valence-electron chi connectivity index (χ3n) is 1.67. The Morgan fingerprint density at radius 2 is 2.45 bits per heavy atom. The molecule has 0 aromatic rings. The van der Waals surface area contributed by atoms with Crippen LogP contribution in [0, 0.1) is 0 Å². The van der Waals surface area contributed by atoms with Crippen LogP contribution in [0.1, 0.15) is 6.42 Å². The molecule has 1 heterocycles. The van der Waals surface area contributed by atoms with E-state index in [0.29, 0.717) is 6.61 Å². The number of carbonyl (C=O) groups is 1. The van der Waals surface area contributed by atoms with Crippen LogP contribution in [0.25, 0.3) is 0 Å². The number of ether oxygens (including phenoxy) is 1. The Bertz CT molecular complexity index is 140. The van der Waals surface area contributed by atoms with Crippen LogP contribution in [0.15, 0.2) is 0 Å². The highest BCUT2D eigenvalue weighted by Crippen LogP contribution is 2.00. The predicted octanol–water partition coefficient (Wildman–Crippen LogP) is 0.165. The number of morpholine rings is 1. The van der Waals surface area contributed by atoms with Crippen LogP contribution in [0.2, 0.25) is 0 Å². The summed E-state index contributed by atoms with van der Waals surface area (Å²) in [6.45, 7) is 2.50. The van der Waals surface area contributed by atoms with Crippen molar-refractivity contribution >= 4 is 18.5 Å². The summed E-state index contributed by atoms with van der Waals surface area (Å²) >= 11 is 4.08. The fourth-order valence-corrected chi connectivity index (χ4v) is 1.19. The minimum Gasteiger partial charge on any atom is -0.370 e. The molecule has 3 nitrogen and oxygen atoms in total. The lowest BCUT2D eigenvalue weighted by Crippen LogP contribution is -2.42. The largest absolute Gasteiger partial charge is 0.370 e. The molecule has 0 aromatic carbocycles. The zero-order valence-corrected chi connectivity index (χ0v) is 7.35. The Morgan fingerprint density at radius 1 is 1.64 bits per heavy atom. The molecule has 0 atom stereocenters. The Morgan fingerprint density at radius 3 is 3.09 bits per heavy atom. The Labute approximate surface area is 72.1 Å². The second kappa shape index (κ2) is 4.62. The highest BCUT2D eigenvalue weighted by Gasteiger charge is 2.16. The second-order valence-corrected chi connectivity index (χ2v) is 2.96. The van der Waals surface area contributed by atoms with E-state index < -0.39 is 0 Å². The van der Waals surface area contributed by atoms with Gasteiger partial charge >= 0.3 is 0 Å². The van der Waals surface area contributed by atoms with Gasteiger partial charge in [0.1, 0.15) is 6.61 Å². The van der Waals surface area contributed by atoms with Crippen LogP contribution < -0.4 is 0 Å². The SMILES string of the molecule is O=C1COCCN1CCCS. The number of amides is 1. The van der Waals surface area contributed by atoms with Gasteiger partial charge < -0.3 is 9.64 Å². The Balaban J connectivity index is 2.24. The van der Waals surface area contributed by atoms with Crippen molar-refractivity contribution in [2.45, 2.75) is 6.42 Å². The van der Waals surface area contributed by atoms with Crippen molar-refractivity contribution in [2.24, 2.45) is 0 Å². The first kappa shape index (κ1) is 8.87. The minimum atomic E-state index is 0.109. The number of thiol groups is 1. The average Bonchev–Trinajstić information content (AvgIpc) is 2.03. The lowest BCUT2D eigenvalue weighted by atomic mass is 10.3. The maximum atomic E-state index is 11.1. The zero-order chi connectivity index (χ0) is 8.10. The molecule has 0 unspecified atom stereocenters. The molecule has 1 rings (SSSR count). The first-order chi connectivity index (χ1) is 5.34. The van der Waals surface area contributed by atoms with E-state index in [-0.39, 0.29) is 12.5 Å². The predicted molar refractivity (Wildman–Crippen MR) is 45.9 cm³/mol. The molecule has 1 saturated heterocycles. The van der Waals surface area contributed by atoms with Crippen molar-refractivity contribution in [1.29, 1.82) is 0 Å². The van der Waals surface area contributed by atoms with E-state index in [1.54, 1.807) is 0 Å². The number of carbonyl (C=O) groups excluding carboxylic acids is 1. The molecule has 1 aliphatic rings. The molecule has 4 heteroatoms. The van der Waals surface area contributed by atoms with Crippen LogP contribution in [0.4, 0.5) is 0 Å². The molecule has 0 spiro atoms. The molecule has 0 aromatic heterocycles. The van der Waals surface area contributed by atoms with E-state index in [2.05, 4.69) is 12.6 Å². The fourth-order valence-electron chi connectivity index (χ4n) is 1.05. The van der Waals surface area contributed by atoms with E-state index in [1.807, 2.05) is 4.90 Å². The summed E-state index contributed by atoms with van der Waals surface area (Å²) in [6.07, 6.45) is 0.967. The summed E-state index contributed by atoms with van der Waals surface area (Å²) in [5.41, 5.74) is 0. The lowest BCUT2D eigenvalue weighted by Gasteiger charge is -2.26. The van der Waals surface area contributed by atoms with Gasteiger partial charge in [0.2, 0.25) is 5.91 Å².